The van der Waals surface area contributed by atoms with Crippen LogP contribution in [-0.4, -0.2) is 16.3 Å². The quantitative estimate of drug-likeness (QED) is 0.100. The number of carbonyl (C=O) groups is 2. The number of aromatic nitrogens is 1. The number of unbranched alkanes of at least 4 members (excludes halogenated alkanes) is 1. The Morgan fingerprint density at radius 2 is 1.46 bits per heavy atom. The van der Waals surface area contributed by atoms with Crippen LogP contribution in [0.15, 0.2) is 97.1 Å². The summed E-state index contributed by atoms with van der Waals surface area (Å²) in [7, 11) is 0. The molecule has 5 rings (SSSR count). The minimum absolute atomic E-state index is 0.0507. The van der Waals surface area contributed by atoms with Crippen molar-refractivity contribution in [1.29, 1.82) is 0 Å². The largest absolute Gasteiger partial charge is 0.426 e. The second-order valence-electron chi connectivity index (χ2n) is 10.3. The van der Waals surface area contributed by atoms with E-state index in [0.29, 0.717) is 22.8 Å². The molecule has 0 radical (unpaired) electrons. The first-order valence-electron chi connectivity index (χ1n) is 14.0. The number of carbonyl (C=O) groups excluding carboxylic acids is 2. The molecule has 198 valence electrons. The predicted octanol–water partition coefficient (Wildman–Crippen LogP) is 8.39. The average molecular weight is 518 g/mol. The van der Waals surface area contributed by atoms with Gasteiger partial charge in [0.25, 0.3) is 0 Å². The molecule has 0 aliphatic rings. The van der Waals surface area contributed by atoms with Gasteiger partial charge in [0.15, 0.2) is 5.78 Å². The molecule has 0 N–H and O–H groups in total. The van der Waals surface area contributed by atoms with Crippen LogP contribution < -0.4 is 4.74 Å². The van der Waals surface area contributed by atoms with Gasteiger partial charge < -0.3 is 9.30 Å². The molecule has 1 aromatic heterocycles. The molecule has 0 aliphatic heterocycles. The Morgan fingerprint density at radius 1 is 0.769 bits per heavy atom. The van der Waals surface area contributed by atoms with Crippen molar-refractivity contribution in [2.45, 2.75) is 52.5 Å². The van der Waals surface area contributed by atoms with E-state index in [2.05, 4.69) is 48.7 Å². The summed E-state index contributed by atoms with van der Waals surface area (Å²) in [6.07, 6.45) is 5.05. The third kappa shape index (κ3) is 5.96. The Bertz CT molecular complexity index is 1580. The van der Waals surface area contributed by atoms with Crippen LogP contribution in [0.2, 0.25) is 0 Å². The van der Waals surface area contributed by atoms with Gasteiger partial charge in [0.1, 0.15) is 5.75 Å². The van der Waals surface area contributed by atoms with Crippen LogP contribution in [0, 0.1) is 5.92 Å². The molecule has 4 nitrogen and oxygen atoms in total. The number of ether oxygens (including phenoxy) is 1. The Hall–Kier alpha value is -4.18. The number of hydrogen-bond donors (Lipinski definition) is 0. The van der Waals surface area contributed by atoms with Crippen molar-refractivity contribution in [1.82, 2.24) is 4.57 Å². The molecule has 4 heteroatoms. The number of benzene rings is 4. The van der Waals surface area contributed by atoms with Crippen molar-refractivity contribution in [3.63, 3.8) is 0 Å². The van der Waals surface area contributed by atoms with E-state index in [9.17, 15) is 9.59 Å². The first-order valence-corrected chi connectivity index (χ1v) is 14.0. The highest BCUT2D eigenvalue weighted by Gasteiger charge is 2.17. The molecular weight excluding hydrogens is 482 g/mol. The molecular formula is C35H35NO3. The van der Waals surface area contributed by atoms with E-state index in [4.69, 9.17) is 4.74 Å². The molecule has 4 aromatic carbocycles. The fourth-order valence-corrected chi connectivity index (χ4v) is 5.34. The van der Waals surface area contributed by atoms with E-state index >= 15 is 0 Å². The number of para-hydroxylation sites is 1. The van der Waals surface area contributed by atoms with E-state index in [-0.39, 0.29) is 18.2 Å². The summed E-state index contributed by atoms with van der Waals surface area (Å²) < 4.78 is 7.91. The Kier molecular flexibility index (Phi) is 8.21. The molecule has 0 aliphatic carbocycles. The second-order valence-corrected chi connectivity index (χ2v) is 10.3. The molecule has 0 fully saturated rings. The zero-order chi connectivity index (χ0) is 27.2. The summed E-state index contributed by atoms with van der Waals surface area (Å²) in [6.45, 7) is 5.51. The monoisotopic (exact) mass is 517 g/mol. The van der Waals surface area contributed by atoms with E-state index in [1.54, 1.807) is 24.3 Å². The van der Waals surface area contributed by atoms with Crippen molar-refractivity contribution in [3.8, 4) is 5.75 Å². The molecule has 0 saturated heterocycles. The van der Waals surface area contributed by atoms with Gasteiger partial charge in [-0.1, -0.05) is 81.6 Å². The van der Waals surface area contributed by atoms with E-state index in [0.717, 1.165) is 23.9 Å². The highest BCUT2D eigenvalue weighted by Crippen LogP contribution is 2.32. The smallest absolute Gasteiger partial charge is 0.315 e. The van der Waals surface area contributed by atoms with Crippen molar-refractivity contribution >= 4 is 33.6 Å². The maximum absolute atomic E-state index is 13.4. The SMILES string of the molecule is CCCCC(CC)Cn1c2ccccc2c2cc(C(=O)c3ccc(OC(=O)Cc4ccccc4)cc3)ccc21. The second kappa shape index (κ2) is 12.1. The van der Waals surface area contributed by atoms with E-state index in [1.807, 2.05) is 42.5 Å². The number of rotatable bonds is 11. The van der Waals surface area contributed by atoms with Gasteiger partial charge in [-0.2, -0.15) is 0 Å². The standard InChI is InChI=1S/C35H35NO3/c1-3-5-11-25(4-2)24-36-32-15-10-9-14-30(32)31-23-28(18-21-33(31)36)35(38)27-16-19-29(20-17-27)39-34(37)22-26-12-7-6-8-13-26/h6-10,12-21,23,25H,3-5,11,22,24H2,1-2H3. The van der Waals surface area contributed by atoms with Gasteiger partial charge in [0.05, 0.1) is 6.42 Å². The summed E-state index contributed by atoms with van der Waals surface area (Å²) in [6, 6.07) is 30.8. The van der Waals surface area contributed by atoms with Crippen molar-refractivity contribution in [2.24, 2.45) is 5.92 Å². The van der Waals surface area contributed by atoms with Gasteiger partial charge in [-0.05, 0) is 66.4 Å². The van der Waals surface area contributed by atoms with Crippen LogP contribution in [0.1, 0.15) is 61.0 Å². The lowest BCUT2D eigenvalue weighted by Gasteiger charge is -2.17. The highest BCUT2D eigenvalue weighted by atomic mass is 16.5. The molecule has 0 saturated carbocycles. The normalized spacial score (nSPS) is 12.1. The molecule has 1 atom stereocenters. The van der Waals surface area contributed by atoms with Crippen molar-refractivity contribution in [2.75, 3.05) is 0 Å². The van der Waals surface area contributed by atoms with Gasteiger partial charge in [-0.3, -0.25) is 9.59 Å². The van der Waals surface area contributed by atoms with Gasteiger partial charge in [0.2, 0.25) is 0 Å². The van der Waals surface area contributed by atoms with Gasteiger partial charge in [-0.15, -0.1) is 0 Å². The molecule has 1 unspecified atom stereocenters. The molecule has 1 heterocycles. The van der Waals surface area contributed by atoms with Gasteiger partial charge in [0, 0.05) is 39.5 Å². The molecule has 0 bridgehead atoms. The number of hydrogen-bond acceptors (Lipinski definition) is 3. The maximum atomic E-state index is 13.4. The third-order valence-corrected chi connectivity index (χ3v) is 7.56. The lowest BCUT2D eigenvalue weighted by molar-refractivity contribution is -0.133. The number of fused-ring (bicyclic) bond motifs is 3. The summed E-state index contributed by atoms with van der Waals surface area (Å²) in [5, 5.41) is 2.28. The summed E-state index contributed by atoms with van der Waals surface area (Å²) >= 11 is 0. The Labute approximate surface area is 230 Å². The Morgan fingerprint density at radius 3 is 2.21 bits per heavy atom. The Balaban J connectivity index is 1.37. The summed E-state index contributed by atoms with van der Waals surface area (Å²) in [4.78, 5) is 25.7. The highest BCUT2D eigenvalue weighted by molar-refractivity contribution is 6.14. The number of nitrogens with zero attached hydrogens (tertiary/aromatic N) is 1. The van der Waals surface area contributed by atoms with Gasteiger partial charge >= 0.3 is 5.97 Å². The lowest BCUT2D eigenvalue weighted by Crippen LogP contribution is -2.11. The van der Waals surface area contributed by atoms with Crippen LogP contribution >= 0.6 is 0 Å². The van der Waals surface area contributed by atoms with Crippen LogP contribution in [-0.2, 0) is 17.8 Å². The predicted molar refractivity (Wildman–Crippen MR) is 158 cm³/mol. The zero-order valence-corrected chi connectivity index (χ0v) is 22.7. The topological polar surface area (TPSA) is 48.3 Å². The fraction of sp³-hybridized carbons (Fsp3) is 0.257. The lowest BCUT2D eigenvalue weighted by atomic mass is 9.99. The number of esters is 1. The minimum Gasteiger partial charge on any atom is -0.426 e. The van der Waals surface area contributed by atoms with E-state index in [1.165, 1.54) is 35.7 Å². The summed E-state index contributed by atoms with van der Waals surface area (Å²) in [5.74, 6) is 0.678. The zero-order valence-electron chi connectivity index (χ0n) is 22.7. The van der Waals surface area contributed by atoms with Crippen LogP contribution in [0.3, 0.4) is 0 Å². The fourth-order valence-electron chi connectivity index (χ4n) is 5.34. The third-order valence-electron chi connectivity index (χ3n) is 7.56. The molecule has 0 spiro atoms. The number of ketones is 1. The van der Waals surface area contributed by atoms with Crippen molar-refractivity contribution in [3.05, 3.63) is 114 Å². The molecule has 5 aromatic rings. The summed E-state index contributed by atoms with van der Waals surface area (Å²) in [5.41, 5.74) is 4.50. The van der Waals surface area contributed by atoms with Crippen molar-refractivity contribution < 1.29 is 14.3 Å². The van der Waals surface area contributed by atoms with E-state index < -0.39 is 0 Å². The minimum atomic E-state index is -0.331. The van der Waals surface area contributed by atoms with Crippen LogP contribution in [0.25, 0.3) is 21.8 Å². The van der Waals surface area contributed by atoms with Gasteiger partial charge in [-0.25, -0.2) is 0 Å². The van der Waals surface area contributed by atoms with Crippen LogP contribution in [0.5, 0.6) is 5.75 Å². The maximum Gasteiger partial charge on any atom is 0.315 e. The van der Waals surface area contributed by atoms with Crippen LogP contribution in [0.4, 0.5) is 0 Å². The first-order chi connectivity index (χ1) is 19.1. The molecule has 0 amide bonds. The first kappa shape index (κ1) is 26.4. The molecule has 39 heavy (non-hydrogen) atoms. The average Bonchev–Trinajstić information content (AvgIpc) is 3.28.